The number of hydrogen-bond acceptors (Lipinski definition) is 2. The van der Waals surface area contributed by atoms with Gasteiger partial charge in [-0.25, -0.2) is 0 Å². The molecule has 0 bridgehead atoms. The normalized spacial score (nSPS) is 17.0. The summed E-state index contributed by atoms with van der Waals surface area (Å²) in [5.74, 6) is 0. The molecule has 0 aliphatic carbocycles. The summed E-state index contributed by atoms with van der Waals surface area (Å²) in [4.78, 5) is 0. The Morgan fingerprint density at radius 3 is 2.00 bits per heavy atom. The smallest absolute Gasteiger partial charge is 0.0801 e. The van der Waals surface area contributed by atoms with Crippen LogP contribution in [-0.4, -0.2) is 18.8 Å². The van der Waals surface area contributed by atoms with Crippen molar-refractivity contribution in [1.82, 2.24) is 0 Å². The number of methoxy groups -OCH3 is 1. The summed E-state index contributed by atoms with van der Waals surface area (Å²) in [6.45, 7) is 10.9. The predicted molar refractivity (Wildman–Crippen MR) is 82.5 cm³/mol. The Labute approximate surface area is 118 Å². The van der Waals surface area contributed by atoms with Crippen LogP contribution in [0.1, 0.15) is 52.2 Å². The van der Waals surface area contributed by atoms with Gasteiger partial charge in [0.15, 0.2) is 0 Å². The Kier molecular flexibility index (Phi) is 5.17. The van der Waals surface area contributed by atoms with E-state index in [0.29, 0.717) is 0 Å². The summed E-state index contributed by atoms with van der Waals surface area (Å²) in [5.41, 5.74) is 8.89. The molecule has 19 heavy (non-hydrogen) atoms. The zero-order valence-corrected chi connectivity index (χ0v) is 13.3. The van der Waals surface area contributed by atoms with Crippen molar-refractivity contribution >= 4 is 0 Å². The second-order valence-corrected chi connectivity index (χ2v) is 6.63. The lowest BCUT2D eigenvalue weighted by Gasteiger charge is -2.33. The maximum Gasteiger partial charge on any atom is 0.0801 e. The Bertz CT molecular complexity index is 385. The quantitative estimate of drug-likeness (QED) is 0.879. The Balaban J connectivity index is 2.78. The molecule has 0 fully saturated rings. The highest BCUT2D eigenvalue weighted by Gasteiger charge is 2.29. The molecule has 2 heteroatoms. The largest absolute Gasteiger partial charge is 0.377 e. The highest BCUT2D eigenvalue weighted by Crippen LogP contribution is 2.24. The van der Waals surface area contributed by atoms with Crippen LogP contribution in [0.4, 0.5) is 0 Å². The Morgan fingerprint density at radius 1 is 1.11 bits per heavy atom. The zero-order valence-electron chi connectivity index (χ0n) is 13.3. The minimum Gasteiger partial charge on any atom is -0.377 e. The fourth-order valence-corrected chi connectivity index (χ4v) is 2.17. The molecular formula is C17H29NO. The van der Waals surface area contributed by atoms with Gasteiger partial charge in [0.1, 0.15) is 0 Å². The second kappa shape index (κ2) is 6.06. The third-order valence-corrected chi connectivity index (χ3v) is 4.23. The number of rotatable bonds is 5. The first-order valence-electron chi connectivity index (χ1n) is 7.13. The Hall–Kier alpha value is -0.860. The molecule has 0 saturated heterocycles. The van der Waals surface area contributed by atoms with Crippen LogP contribution in [0.3, 0.4) is 0 Å². The molecule has 2 atom stereocenters. The lowest BCUT2D eigenvalue weighted by molar-refractivity contribution is -0.0184. The van der Waals surface area contributed by atoms with Crippen molar-refractivity contribution in [3.8, 4) is 0 Å². The van der Waals surface area contributed by atoms with E-state index in [1.807, 2.05) is 0 Å². The van der Waals surface area contributed by atoms with E-state index in [4.69, 9.17) is 10.5 Å². The first-order valence-corrected chi connectivity index (χ1v) is 7.13. The minimum absolute atomic E-state index is 0.0167. The number of benzene rings is 1. The molecule has 0 amide bonds. The van der Waals surface area contributed by atoms with E-state index in [0.717, 1.165) is 12.8 Å². The lowest BCUT2D eigenvalue weighted by atomic mass is 9.85. The second-order valence-electron chi connectivity index (χ2n) is 6.63. The Morgan fingerprint density at radius 2 is 1.63 bits per heavy atom. The highest BCUT2D eigenvalue weighted by molar-refractivity contribution is 5.28. The van der Waals surface area contributed by atoms with Gasteiger partial charge in [0, 0.05) is 13.2 Å². The van der Waals surface area contributed by atoms with Crippen LogP contribution in [0.25, 0.3) is 0 Å². The standard InChI is InChI=1S/C17H29NO/c1-7-17(5,19-6)15(18)12-13-8-10-14(11-9-13)16(2,3)4/h8-11,15H,7,12,18H2,1-6H3. The van der Waals surface area contributed by atoms with Crippen LogP contribution in [0.5, 0.6) is 0 Å². The molecule has 0 saturated carbocycles. The van der Waals surface area contributed by atoms with Crippen LogP contribution in [-0.2, 0) is 16.6 Å². The average Bonchev–Trinajstić information content (AvgIpc) is 2.37. The monoisotopic (exact) mass is 263 g/mol. The van der Waals surface area contributed by atoms with E-state index in [1.54, 1.807) is 7.11 Å². The first kappa shape index (κ1) is 16.2. The molecule has 0 radical (unpaired) electrons. The van der Waals surface area contributed by atoms with E-state index >= 15 is 0 Å². The van der Waals surface area contributed by atoms with Crippen LogP contribution in [0.2, 0.25) is 0 Å². The molecule has 0 aromatic heterocycles. The third kappa shape index (κ3) is 4.05. The van der Waals surface area contributed by atoms with Crippen LogP contribution in [0, 0.1) is 0 Å². The maximum atomic E-state index is 6.30. The zero-order chi connectivity index (χ0) is 14.7. The topological polar surface area (TPSA) is 35.2 Å². The van der Waals surface area contributed by atoms with E-state index in [9.17, 15) is 0 Å². The summed E-state index contributed by atoms with van der Waals surface area (Å²) in [7, 11) is 1.74. The summed E-state index contributed by atoms with van der Waals surface area (Å²) < 4.78 is 5.57. The van der Waals surface area contributed by atoms with Crippen molar-refractivity contribution in [3.63, 3.8) is 0 Å². The molecule has 1 aromatic carbocycles. The SMILES string of the molecule is CCC(C)(OC)C(N)Cc1ccc(C(C)(C)C)cc1. The number of hydrogen-bond donors (Lipinski definition) is 1. The van der Waals surface area contributed by atoms with Crippen LogP contribution < -0.4 is 5.73 Å². The van der Waals surface area contributed by atoms with Crippen molar-refractivity contribution in [2.24, 2.45) is 5.73 Å². The van der Waals surface area contributed by atoms with Crippen molar-refractivity contribution in [3.05, 3.63) is 35.4 Å². The molecule has 2 N–H and O–H groups in total. The van der Waals surface area contributed by atoms with Crippen LogP contribution in [0.15, 0.2) is 24.3 Å². The van der Waals surface area contributed by atoms with Crippen molar-refractivity contribution < 1.29 is 4.74 Å². The summed E-state index contributed by atoms with van der Waals surface area (Å²) >= 11 is 0. The van der Waals surface area contributed by atoms with Gasteiger partial charge in [0.2, 0.25) is 0 Å². The molecule has 108 valence electrons. The van der Waals surface area contributed by atoms with Gasteiger partial charge in [-0.15, -0.1) is 0 Å². The molecule has 0 aliphatic heterocycles. The minimum atomic E-state index is -0.247. The lowest BCUT2D eigenvalue weighted by Crippen LogP contribution is -2.48. The molecule has 0 heterocycles. The molecule has 0 aliphatic rings. The van der Waals surface area contributed by atoms with Gasteiger partial charge in [0.05, 0.1) is 5.60 Å². The summed E-state index contributed by atoms with van der Waals surface area (Å²) in [5, 5.41) is 0. The van der Waals surface area contributed by atoms with Crippen molar-refractivity contribution in [2.45, 2.75) is 64.5 Å². The van der Waals surface area contributed by atoms with Gasteiger partial charge in [-0.3, -0.25) is 0 Å². The fraction of sp³-hybridized carbons (Fsp3) is 0.647. The molecular weight excluding hydrogens is 234 g/mol. The molecule has 2 unspecified atom stereocenters. The van der Waals surface area contributed by atoms with Gasteiger partial charge in [-0.1, -0.05) is 52.0 Å². The maximum absolute atomic E-state index is 6.30. The summed E-state index contributed by atoms with van der Waals surface area (Å²) in [6.07, 6.45) is 1.77. The first-order chi connectivity index (χ1) is 8.73. The van der Waals surface area contributed by atoms with Gasteiger partial charge < -0.3 is 10.5 Å². The molecule has 2 nitrogen and oxygen atoms in total. The van der Waals surface area contributed by atoms with Crippen molar-refractivity contribution in [1.29, 1.82) is 0 Å². The van der Waals surface area contributed by atoms with Gasteiger partial charge in [-0.2, -0.15) is 0 Å². The van der Waals surface area contributed by atoms with Crippen molar-refractivity contribution in [2.75, 3.05) is 7.11 Å². The summed E-state index contributed by atoms with van der Waals surface area (Å²) in [6, 6.07) is 8.80. The van der Waals surface area contributed by atoms with E-state index in [2.05, 4.69) is 58.9 Å². The van der Waals surface area contributed by atoms with Gasteiger partial charge in [0.25, 0.3) is 0 Å². The van der Waals surface area contributed by atoms with E-state index in [-0.39, 0.29) is 17.1 Å². The number of ether oxygens (including phenoxy) is 1. The van der Waals surface area contributed by atoms with Gasteiger partial charge in [-0.05, 0) is 36.3 Å². The van der Waals surface area contributed by atoms with E-state index < -0.39 is 0 Å². The molecule has 0 spiro atoms. The third-order valence-electron chi connectivity index (χ3n) is 4.23. The van der Waals surface area contributed by atoms with Crippen LogP contribution >= 0.6 is 0 Å². The average molecular weight is 263 g/mol. The van der Waals surface area contributed by atoms with Gasteiger partial charge >= 0.3 is 0 Å². The fourth-order valence-electron chi connectivity index (χ4n) is 2.17. The predicted octanol–water partition coefficient (Wildman–Crippen LogP) is 3.67. The molecule has 1 aromatic rings. The molecule has 1 rings (SSSR count). The number of nitrogens with two attached hydrogens (primary N) is 1. The highest BCUT2D eigenvalue weighted by atomic mass is 16.5. The van der Waals surface area contributed by atoms with E-state index in [1.165, 1.54) is 11.1 Å².